The molecule has 0 heterocycles. The molecule has 0 radical (unpaired) electrons. The number of carboxylic acid groups (broad SMARTS) is 1. The van der Waals surface area contributed by atoms with Gasteiger partial charge in [-0.05, 0) is 12.2 Å². The molecular formula is C12H25NO2S. The van der Waals surface area contributed by atoms with Crippen LogP contribution >= 0.6 is 11.8 Å². The number of hydrogen-bond acceptors (Lipinski definition) is 3. The molecular weight excluding hydrogens is 222 g/mol. The molecule has 0 amide bonds. The van der Waals surface area contributed by atoms with Gasteiger partial charge in [-0.2, -0.15) is 11.8 Å². The Hall–Kier alpha value is -0.220. The molecule has 0 aromatic carbocycles. The quantitative estimate of drug-likeness (QED) is 0.551. The van der Waals surface area contributed by atoms with E-state index in [9.17, 15) is 4.79 Å². The summed E-state index contributed by atoms with van der Waals surface area (Å²) in [5.74, 6) is 0.673. The lowest BCUT2D eigenvalue weighted by atomic mass is 10.1. The predicted molar refractivity (Wildman–Crippen MR) is 70.9 cm³/mol. The van der Waals surface area contributed by atoms with E-state index in [4.69, 9.17) is 10.8 Å². The van der Waals surface area contributed by atoms with Crippen molar-refractivity contribution < 1.29 is 9.90 Å². The van der Waals surface area contributed by atoms with Gasteiger partial charge in [0.1, 0.15) is 6.04 Å². The molecule has 96 valence electrons. The molecule has 0 bridgehead atoms. The van der Waals surface area contributed by atoms with Gasteiger partial charge < -0.3 is 10.8 Å². The van der Waals surface area contributed by atoms with Crippen molar-refractivity contribution in [2.75, 3.05) is 11.5 Å². The summed E-state index contributed by atoms with van der Waals surface area (Å²) in [5, 5.41) is 8.57. The molecule has 1 atom stereocenters. The maximum atomic E-state index is 10.4. The average Bonchev–Trinajstić information content (AvgIpc) is 2.26. The minimum absolute atomic E-state index is 0.533. The second kappa shape index (κ2) is 11.3. The Balaban J connectivity index is 3.07. The largest absolute Gasteiger partial charge is 0.480 e. The summed E-state index contributed by atoms with van der Waals surface area (Å²) < 4.78 is 0. The number of carbonyl (C=O) groups is 1. The molecule has 0 spiro atoms. The van der Waals surface area contributed by atoms with Crippen LogP contribution in [-0.4, -0.2) is 28.6 Å². The van der Waals surface area contributed by atoms with Crippen LogP contribution in [0.2, 0.25) is 0 Å². The first-order valence-corrected chi connectivity index (χ1v) is 7.40. The molecule has 0 saturated heterocycles. The molecule has 0 aromatic rings. The summed E-state index contributed by atoms with van der Waals surface area (Å²) >= 11 is 1.65. The van der Waals surface area contributed by atoms with E-state index in [2.05, 4.69) is 6.92 Å². The van der Waals surface area contributed by atoms with E-state index in [-0.39, 0.29) is 0 Å². The lowest BCUT2D eigenvalue weighted by molar-refractivity contribution is -0.137. The van der Waals surface area contributed by atoms with Crippen molar-refractivity contribution >= 4 is 17.7 Å². The Labute approximate surface area is 103 Å². The van der Waals surface area contributed by atoms with Gasteiger partial charge in [-0.25, -0.2) is 0 Å². The Morgan fingerprint density at radius 3 is 2.31 bits per heavy atom. The highest BCUT2D eigenvalue weighted by atomic mass is 32.2. The third kappa shape index (κ3) is 10.3. The zero-order valence-corrected chi connectivity index (χ0v) is 11.1. The molecule has 0 aromatic heterocycles. The van der Waals surface area contributed by atoms with Crippen LogP contribution in [0, 0.1) is 0 Å². The molecule has 0 aliphatic rings. The van der Waals surface area contributed by atoms with Gasteiger partial charge in [0.15, 0.2) is 0 Å². The van der Waals surface area contributed by atoms with Crippen LogP contribution in [-0.2, 0) is 4.79 Å². The minimum Gasteiger partial charge on any atom is -0.480 e. The van der Waals surface area contributed by atoms with E-state index in [1.54, 1.807) is 11.8 Å². The van der Waals surface area contributed by atoms with Crippen LogP contribution < -0.4 is 5.73 Å². The highest BCUT2D eigenvalue weighted by Crippen LogP contribution is 2.10. The second-order valence-electron chi connectivity index (χ2n) is 4.14. The van der Waals surface area contributed by atoms with Gasteiger partial charge in [-0.1, -0.05) is 45.4 Å². The molecule has 0 aliphatic carbocycles. The topological polar surface area (TPSA) is 63.3 Å². The number of hydrogen-bond donors (Lipinski definition) is 2. The van der Waals surface area contributed by atoms with E-state index in [0.717, 1.165) is 5.75 Å². The lowest BCUT2D eigenvalue weighted by Crippen LogP contribution is -2.32. The van der Waals surface area contributed by atoms with Gasteiger partial charge in [-0.15, -0.1) is 0 Å². The standard InChI is InChI=1S/C12H25NO2S/c1-2-3-4-5-6-7-8-9-16-10-11(13)12(14)15/h11H,2-10,13H2,1H3,(H,14,15). The van der Waals surface area contributed by atoms with Gasteiger partial charge >= 0.3 is 5.97 Å². The summed E-state index contributed by atoms with van der Waals surface area (Å²) in [5.41, 5.74) is 5.39. The van der Waals surface area contributed by atoms with Gasteiger partial charge in [0, 0.05) is 5.75 Å². The van der Waals surface area contributed by atoms with Crippen LogP contribution in [0.4, 0.5) is 0 Å². The van der Waals surface area contributed by atoms with E-state index in [1.165, 1.54) is 44.9 Å². The van der Waals surface area contributed by atoms with Gasteiger partial charge in [0.05, 0.1) is 0 Å². The second-order valence-corrected chi connectivity index (χ2v) is 5.29. The SMILES string of the molecule is CCCCCCCCCSCC(N)C(=O)O. The van der Waals surface area contributed by atoms with Gasteiger partial charge in [0.2, 0.25) is 0 Å². The Morgan fingerprint density at radius 2 is 1.75 bits per heavy atom. The predicted octanol–water partition coefficient (Wildman–Crippen LogP) is 2.88. The minimum atomic E-state index is -0.896. The van der Waals surface area contributed by atoms with Crippen molar-refractivity contribution in [2.45, 2.75) is 57.9 Å². The third-order valence-corrected chi connectivity index (χ3v) is 3.68. The third-order valence-electron chi connectivity index (χ3n) is 2.51. The Kier molecular flexibility index (Phi) is 11.1. The Bertz CT molecular complexity index is 176. The lowest BCUT2D eigenvalue weighted by Gasteiger charge is -2.05. The van der Waals surface area contributed by atoms with Crippen molar-refractivity contribution in [1.82, 2.24) is 0 Å². The normalized spacial score (nSPS) is 12.6. The zero-order chi connectivity index (χ0) is 12.2. The van der Waals surface area contributed by atoms with Crippen molar-refractivity contribution in [3.63, 3.8) is 0 Å². The number of thioether (sulfide) groups is 1. The number of unbranched alkanes of at least 4 members (excludes halogenated alkanes) is 6. The molecule has 1 unspecified atom stereocenters. The van der Waals surface area contributed by atoms with Crippen LogP contribution in [0.25, 0.3) is 0 Å². The molecule has 0 rings (SSSR count). The molecule has 16 heavy (non-hydrogen) atoms. The summed E-state index contributed by atoms with van der Waals surface area (Å²) in [6.07, 6.45) is 9.10. The van der Waals surface area contributed by atoms with Crippen LogP contribution in [0.3, 0.4) is 0 Å². The van der Waals surface area contributed by atoms with Crippen LogP contribution in [0.1, 0.15) is 51.9 Å². The number of aliphatic carboxylic acids is 1. The Morgan fingerprint density at radius 1 is 1.19 bits per heavy atom. The van der Waals surface area contributed by atoms with Crippen LogP contribution in [0.15, 0.2) is 0 Å². The van der Waals surface area contributed by atoms with E-state index in [0.29, 0.717) is 5.75 Å². The summed E-state index contributed by atoms with van der Waals surface area (Å²) in [6.45, 7) is 2.22. The molecule has 0 saturated carbocycles. The monoisotopic (exact) mass is 247 g/mol. The maximum Gasteiger partial charge on any atom is 0.321 e. The van der Waals surface area contributed by atoms with Crippen molar-refractivity contribution in [1.29, 1.82) is 0 Å². The number of nitrogens with two attached hydrogens (primary N) is 1. The van der Waals surface area contributed by atoms with Crippen molar-refractivity contribution in [2.24, 2.45) is 5.73 Å². The summed E-state index contributed by atoms with van der Waals surface area (Å²) in [4.78, 5) is 10.4. The maximum absolute atomic E-state index is 10.4. The number of carboxylic acids is 1. The molecule has 0 aliphatic heterocycles. The zero-order valence-electron chi connectivity index (χ0n) is 10.3. The van der Waals surface area contributed by atoms with E-state index in [1.807, 2.05) is 0 Å². The fourth-order valence-electron chi connectivity index (χ4n) is 1.44. The molecule has 0 fully saturated rings. The van der Waals surface area contributed by atoms with Gasteiger partial charge in [0.25, 0.3) is 0 Å². The van der Waals surface area contributed by atoms with Crippen LogP contribution in [0.5, 0.6) is 0 Å². The van der Waals surface area contributed by atoms with Crippen molar-refractivity contribution in [3.8, 4) is 0 Å². The molecule has 4 heteroatoms. The van der Waals surface area contributed by atoms with E-state index >= 15 is 0 Å². The van der Waals surface area contributed by atoms with Gasteiger partial charge in [-0.3, -0.25) is 4.79 Å². The smallest absolute Gasteiger partial charge is 0.321 e. The highest BCUT2D eigenvalue weighted by Gasteiger charge is 2.10. The first-order chi connectivity index (χ1) is 7.68. The molecule has 3 N–H and O–H groups in total. The van der Waals surface area contributed by atoms with Crippen molar-refractivity contribution in [3.05, 3.63) is 0 Å². The van der Waals surface area contributed by atoms with E-state index < -0.39 is 12.0 Å². The fourth-order valence-corrected chi connectivity index (χ4v) is 2.41. The summed E-state index contributed by atoms with van der Waals surface area (Å²) in [7, 11) is 0. The fraction of sp³-hybridized carbons (Fsp3) is 0.917. The molecule has 3 nitrogen and oxygen atoms in total. The average molecular weight is 247 g/mol. The highest BCUT2D eigenvalue weighted by molar-refractivity contribution is 7.99. The first-order valence-electron chi connectivity index (χ1n) is 6.24. The summed E-state index contributed by atoms with van der Waals surface area (Å²) in [6, 6.07) is -0.699. The number of rotatable bonds is 11. The first kappa shape index (κ1) is 15.8.